The van der Waals surface area contributed by atoms with Gasteiger partial charge in [-0.1, -0.05) is 23.9 Å². The molecule has 1 aliphatic rings. The Bertz CT molecular complexity index is 652. The van der Waals surface area contributed by atoms with E-state index in [0.29, 0.717) is 6.54 Å². The topological polar surface area (TPSA) is 66.1 Å². The molecule has 5 nitrogen and oxygen atoms in total. The van der Waals surface area contributed by atoms with Crippen molar-refractivity contribution in [3.05, 3.63) is 30.1 Å². The fourth-order valence-electron chi connectivity index (χ4n) is 2.49. The highest BCUT2D eigenvalue weighted by Gasteiger charge is 2.30. The molecule has 0 radical (unpaired) electrons. The summed E-state index contributed by atoms with van der Waals surface area (Å²) in [5.74, 6) is 1.12. The van der Waals surface area contributed by atoms with Crippen LogP contribution < -0.4 is 0 Å². The summed E-state index contributed by atoms with van der Waals surface area (Å²) >= 11 is 5.56. The van der Waals surface area contributed by atoms with E-state index in [4.69, 9.17) is 0 Å². The predicted molar refractivity (Wildman–Crippen MR) is 91.4 cm³/mol. The number of rotatable bonds is 6. The molecule has 1 atom stereocenters. The van der Waals surface area contributed by atoms with Crippen LogP contribution in [0.5, 0.6) is 0 Å². The molecule has 0 saturated carbocycles. The number of imidazole rings is 1. The van der Waals surface area contributed by atoms with Crippen LogP contribution in [0.3, 0.4) is 0 Å². The number of para-hydroxylation sites is 2. The van der Waals surface area contributed by atoms with E-state index in [2.05, 4.69) is 22.6 Å². The number of fused-ring (bicyclic) bond motifs is 1. The number of benzene rings is 1. The predicted octanol–water partition coefficient (Wildman–Crippen LogP) is 2.88. The number of thiol groups is 1. The Morgan fingerprint density at radius 1 is 1.36 bits per heavy atom. The zero-order chi connectivity index (χ0) is 15.5. The third-order valence-corrected chi connectivity index (χ3v) is 4.90. The van der Waals surface area contributed by atoms with E-state index in [0.717, 1.165) is 47.9 Å². The van der Waals surface area contributed by atoms with Crippen LogP contribution >= 0.6 is 24.4 Å². The summed E-state index contributed by atoms with van der Waals surface area (Å²) in [5.41, 5.74) is 2.02. The van der Waals surface area contributed by atoms with Crippen molar-refractivity contribution in [1.29, 1.82) is 0 Å². The van der Waals surface area contributed by atoms with E-state index >= 15 is 0 Å². The minimum Gasteiger partial charge on any atom is -0.342 e. The summed E-state index contributed by atoms with van der Waals surface area (Å²) in [6.07, 6.45) is 2.58. The van der Waals surface area contributed by atoms with Crippen molar-refractivity contribution in [2.75, 3.05) is 12.3 Å². The number of carbonyl (C=O) groups is 2. The number of aromatic nitrogens is 2. The van der Waals surface area contributed by atoms with E-state index in [1.807, 2.05) is 24.3 Å². The third-order valence-electron chi connectivity index (χ3n) is 3.62. The van der Waals surface area contributed by atoms with Crippen LogP contribution in [0, 0.1) is 0 Å². The molecule has 2 aromatic rings. The first kappa shape index (κ1) is 15.4. The van der Waals surface area contributed by atoms with E-state index in [-0.39, 0.29) is 22.1 Å². The number of hydrogen-bond donors (Lipinski definition) is 2. The number of thioether (sulfide) groups is 1. The van der Waals surface area contributed by atoms with Gasteiger partial charge in [0.25, 0.3) is 5.24 Å². The number of nitrogens with zero attached hydrogens (tertiary/aromatic N) is 2. The molecule has 1 aromatic heterocycles. The fraction of sp³-hybridized carbons (Fsp3) is 0.400. The van der Waals surface area contributed by atoms with Crippen LogP contribution in [0.25, 0.3) is 11.0 Å². The molecular weight excluding hydrogens is 318 g/mol. The molecule has 2 amide bonds. The average Bonchev–Trinajstić information content (AvgIpc) is 3.05. The van der Waals surface area contributed by atoms with Crippen LogP contribution in [0.4, 0.5) is 4.79 Å². The summed E-state index contributed by atoms with van der Waals surface area (Å²) in [6, 6.07) is 7.95. The molecule has 1 unspecified atom stereocenters. The smallest absolute Gasteiger partial charge is 0.288 e. The number of imide groups is 1. The van der Waals surface area contributed by atoms with Crippen LogP contribution in [-0.2, 0) is 11.2 Å². The lowest BCUT2D eigenvalue weighted by Crippen LogP contribution is -2.34. The van der Waals surface area contributed by atoms with Crippen molar-refractivity contribution in [3.8, 4) is 0 Å². The Morgan fingerprint density at radius 3 is 2.91 bits per heavy atom. The van der Waals surface area contributed by atoms with Crippen molar-refractivity contribution in [2.24, 2.45) is 0 Å². The number of hydrogen-bond acceptors (Lipinski definition) is 5. The van der Waals surface area contributed by atoms with Gasteiger partial charge >= 0.3 is 0 Å². The highest BCUT2D eigenvalue weighted by Crippen LogP contribution is 2.21. The van der Waals surface area contributed by atoms with E-state index < -0.39 is 0 Å². The Hall–Kier alpha value is -1.47. The van der Waals surface area contributed by atoms with Gasteiger partial charge in [-0.25, -0.2) is 4.98 Å². The van der Waals surface area contributed by atoms with Gasteiger partial charge in [-0.2, -0.15) is 12.6 Å². The van der Waals surface area contributed by atoms with Gasteiger partial charge < -0.3 is 4.98 Å². The largest absolute Gasteiger partial charge is 0.342 e. The van der Waals surface area contributed by atoms with E-state index in [1.165, 1.54) is 4.90 Å². The lowest BCUT2D eigenvalue weighted by atomic mass is 10.1. The van der Waals surface area contributed by atoms with Gasteiger partial charge in [0.15, 0.2) is 0 Å². The zero-order valence-corrected chi connectivity index (χ0v) is 13.7. The molecule has 0 aliphatic carbocycles. The number of amides is 2. The molecule has 1 fully saturated rings. The van der Waals surface area contributed by atoms with Crippen LogP contribution in [0.15, 0.2) is 24.3 Å². The Morgan fingerprint density at radius 2 is 2.18 bits per heavy atom. The van der Waals surface area contributed by atoms with Gasteiger partial charge in [0.05, 0.1) is 16.8 Å². The number of aromatic amines is 1. The standard InChI is InChI=1S/C15H17N3O2S2/c19-14-9-22-15(20)18(14)8-10(21)4-3-7-13-16-11-5-1-2-6-12(11)17-13/h1-2,5-6,10,21H,3-4,7-9H2,(H,16,17). The second-order valence-electron chi connectivity index (χ2n) is 5.31. The highest BCUT2D eigenvalue weighted by atomic mass is 32.2. The summed E-state index contributed by atoms with van der Waals surface area (Å²) in [4.78, 5) is 32.2. The maximum absolute atomic E-state index is 11.6. The first-order valence-electron chi connectivity index (χ1n) is 7.22. The SMILES string of the molecule is O=C1CSC(=O)N1CC(S)CCCc1nc2ccccc2[nH]1. The lowest BCUT2D eigenvalue weighted by Gasteiger charge is -2.17. The molecule has 1 aromatic carbocycles. The molecule has 2 heterocycles. The Labute approximate surface area is 138 Å². The molecular formula is C15H17N3O2S2. The fourth-order valence-corrected chi connectivity index (χ4v) is 3.57. The monoisotopic (exact) mass is 335 g/mol. The minimum atomic E-state index is -0.152. The maximum Gasteiger partial charge on any atom is 0.288 e. The second kappa shape index (κ2) is 6.75. The molecule has 1 N–H and O–H groups in total. The van der Waals surface area contributed by atoms with E-state index in [9.17, 15) is 9.59 Å². The molecule has 22 heavy (non-hydrogen) atoms. The van der Waals surface area contributed by atoms with Gasteiger partial charge in [0.1, 0.15) is 5.82 Å². The normalized spacial score (nSPS) is 16.7. The van der Waals surface area contributed by atoms with Crippen LogP contribution in [-0.4, -0.2) is 43.6 Å². The van der Waals surface area contributed by atoms with Gasteiger partial charge in [-0.05, 0) is 25.0 Å². The first-order chi connectivity index (χ1) is 10.6. The van der Waals surface area contributed by atoms with Crippen LogP contribution in [0.1, 0.15) is 18.7 Å². The zero-order valence-electron chi connectivity index (χ0n) is 12.0. The quantitative estimate of drug-likeness (QED) is 0.797. The number of aryl methyl sites for hydroxylation is 1. The van der Waals surface area contributed by atoms with Crippen molar-refractivity contribution in [3.63, 3.8) is 0 Å². The first-order valence-corrected chi connectivity index (χ1v) is 8.72. The molecule has 3 rings (SSSR count). The lowest BCUT2D eigenvalue weighted by molar-refractivity contribution is -0.124. The Kier molecular flexibility index (Phi) is 4.73. The van der Waals surface area contributed by atoms with Crippen molar-refractivity contribution in [2.45, 2.75) is 24.5 Å². The van der Waals surface area contributed by atoms with Crippen molar-refractivity contribution >= 4 is 46.6 Å². The highest BCUT2D eigenvalue weighted by molar-refractivity contribution is 8.14. The molecule has 116 valence electrons. The average molecular weight is 335 g/mol. The summed E-state index contributed by atoms with van der Waals surface area (Å²) in [6.45, 7) is 0.397. The molecule has 1 aliphatic heterocycles. The van der Waals surface area contributed by atoms with Crippen molar-refractivity contribution in [1.82, 2.24) is 14.9 Å². The Balaban J connectivity index is 1.48. The van der Waals surface area contributed by atoms with Crippen LogP contribution in [0.2, 0.25) is 0 Å². The molecule has 0 spiro atoms. The molecule has 1 saturated heterocycles. The number of H-pyrrole nitrogens is 1. The van der Waals surface area contributed by atoms with Gasteiger partial charge in [-0.15, -0.1) is 0 Å². The maximum atomic E-state index is 11.6. The molecule has 7 heteroatoms. The van der Waals surface area contributed by atoms with Crippen molar-refractivity contribution < 1.29 is 9.59 Å². The third kappa shape index (κ3) is 3.47. The van der Waals surface area contributed by atoms with Gasteiger partial charge in [0, 0.05) is 18.2 Å². The summed E-state index contributed by atoms with van der Waals surface area (Å²) in [5, 5.41) is -0.141. The van der Waals surface area contributed by atoms with Gasteiger partial charge in [-0.3, -0.25) is 14.5 Å². The van der Waals surface area contributed by atoms with Gasteiger partial charge in [0.2, 0.25) is 5.91 Å². The minimum absolute atomic E-state index is 0.0102. The summed E-state index contributed by atoms with van der Waals surface area (Å²) in [7, 11) is 0. The second-order valence-corrected chi connectivity index (χ2v) is 6.96. The number of carbonyl (C=O) groups excluding carboxylic acids is 2. The van der Waals surface area contributed by atoms with E-state index in [1.54, 1.807) is 0 Å². The summed E-state index contributed by atoms with van der Waals surface area (Å²) < 4.78 is 0. The molecule has 0 bridgehead atoms. The number of nitrogens with one attached hydrogen (secondary N) is 1.